The number of aromatic nitrogens is 2. The van der Waals surface area contributed by atoms with Crippen molar-refractivity contribution in [2.75, 3.05) is 7.11 Å². The fraction of sp³-hybridized carbons (Fsp3) is 0.200. The third-order valence-electron chi connectivity index (χ3n) is 4.12. The summed E-state index contributed by atoms with van der Waals surface area (Å²) < 4.78 is 12.6. The van der Waals surface area contributed by atoms with Crippen LogP contribution in [-0.2, 0) is 0 Å². The molecule has 0 unspecified atom stereocenters. The number of para-hydroxylation sites is 1. The summed E-state index contributed by atoms with van der Waals surface area (Å²) >= 11 is 0. The molecule has 126 valence electrons. The molecule has 1 heterocycles. The lowest BCUT2D eigenvalue weighted by molar-refractivity contribution is 0.282. The molecule has 3 aromatic rings. The first kappa shape index (κ1) is 15.4. The highest BCUT2D eigenvalue weighted by molar-refractivity contribution is 5.66. The van der Waals surface area contributed by atoms with Gasteiger partial charge < -0.3 is 9.47 Å². The van der Waals surface area contributed by atoms with Crippen molar-refractivity contribution >= 4 is 0 Å². The molecule has 0 spiro atoms. The molecule has 0 bridgehead atoms. The van der Waals surface area contributed by atoms with E-state index < -0.39 is 0 Å². The first-order chi connectivity index (χ1) is 12.2. The quantitative estimate of drug-likeness (QED) is 0.717. The molecule has 0 N–H and O–H groups in total. The lowest BCUT2D eigenvalue weighted by Crippen LogP contribution is -2.19. The Bertz CT molecular complexity index is 947. The molecular formula is C20H18N2O3. The highest BCUT2D eigenvalue weighted by atomic mass is 16.5. The molecule has 1 saturated carbocycles. The number of methoxy groups -OCH3 is 1. The van der Waals surface area contributed by atoms with Gasteiger partial charge in [-0.15, -0.1) is 0 Å². The van der Waals surface area contributed by atoms with E-state index in [1.807, 2.05) is 48.5 Å². The summed E-state index contributed by atoms with van der Waals surface area (Å²) in [5.41, 5.74) is 2.19. The van der Waals surface area contributed by atoms with Crippen LogP contribution in [0.3, 0.4) is 0 Å². The first-order valence-electron chi connectivity index (χ1n) is 8.24. The normalized spacial score (nSPS) is 13.5. The number of rotatable bonds is 5. The average molecular weight is 334 g/mol. The van der Waals surface area contributed by atoms with E-state index in [4.69, 9.17) is 9.47 Å². The Kier molecular flexibility index (Phi) is 3.98. The molecule has 25 heavy (non-hydrogen) atoms. The van der Waals surface area contributed by atoms with E-state index in [0.717, 1.165) is 29.7 Å². The molecule has 0 amide bonds. The van der Waals surface area contributed by atoms with Gasteiger partial charge in [0.15, 0.2) is 11.5 Å². The number of nitrogens with zero attached hydrogens (tertiary/aromatic N) is 2. The second kappa shape index (κ2) is 6.43. The van der Waals surface area contributed by atoms with Crippen LogP contribution in [0.25, 0.3) is 16.8 Å². The predicted octanol–water partition coefficient (Wildman–Crippen LogP) is 3.45. The van der Waals surface area contributed by atoms with E-state index in [1.165, 1.54) is 4.68 Å². The van der Waals surface area contributed by atoms with E-state index in [2.05, 4.69) is 5.10 Å². The van der Waals surface area contributed by atoms with Gasteiger partial charge in [-0.25, -0.2) is 0 Å². The van der Waals surface area contributed by atoms with Gasteiger partial charge in [-0.1, -0.05) is 24.3 Å². The lowest BCUT2D eigenvalue weighted by atomic mass is 10.1. The van der Waals surface area contributed by atoms with Gasteiger partial charge in [-0.05, 0) is 42.7 Å². The molecule has 0 saturated heterocycles. The third kappa shape index (κ3) is 3.26. The Morgan fingerprint density at radius 3 is 2.48 bits per heavy atom. The second-order valence-corrected chi connectivity index (χ2v) is 6.01. The van der Waals surface area contributed by atoms with Crippen molar-refractivity contribution < 1.29 is 9.47 Å². The Morgan fingerprint density at radius 1 is 1.00 bits per heavy atom. The summed E-state index contributed by atoms with van der Waals surface area (Å²) in [6, 6.07) is 16.6. The minimum Gasteiger partial charge on any atom is -0.493 e. The number of hydrogen-bond donors (Lipinski definition) is 0. The summed E-state index contributed by atoms with van der Waals surface area (Å²) in [6.45, 7) is 0. The lowest BCUT2D eigenvalue weighted by Gasteiger charge is -2.12. The van der Waals surface area contributed by atoms with Crippen LogP contribution in [0.4, 0.5) is 0 Å². The van der Waals surface area contributed by atoms with Gasteiger partial charge in [-0.2, -0.15) is 9.78 Å². The van der Waals surface area contributed by atoms with Gasteiger partial charge in [0.25, 0.3) is 5.56 Å². The highest BCUT2D eigenvalue weighted by Crippen LogP contribution is 2.36. The van der Waals surface area contributed by atoms with E-state index >= 15 is 0 Å². The van der Waals surface area contributed by atoms with Crippen LogP contribution in [0.15, 0.2) is 65.6 Å². The van der Waals surface area contributed by atoms with Gasteiger partial charge in [0.1, 0.15) is 0 Å². The van der Waals surface area contributed by atoms with Crippen LogP contribution in [0.1, 0.15) is 12.8 Å². The summed E-state index contributed by atoms with van der Waals surface area (Å²) in [5.74, 6) is 1.40. The van der Waals surface area contributed by atoms with Gasteiger partial charge >= 0.3 is 0 Å². The van der Waals surface area contributed by atoms with Gasteiger partial charge in [-0.3, -0.25) is 4.79 Å². The molecular weight excluding hydrogens is 316 g/mol. The zero-order valence-electron chi connectivity index (χ0n) is 13.9. The van der Waals surface area contributed by atoms with E-state index in [9.17, 15) is 4.79 Å². The average Bonchev–Trinajstić information content (AvgIpc) is 3.46. The van der Waals surface area contributed by atoms with E-state index in [0.29, 0.717) is 11.5 Å². The molecule has 1 aliphatic rings. The summed E-state index contributed by atoms with van der Waals surface area (Å²) in [7, 11) is 1.62. The van der Waals surface area contributed by atoms with Crippen molar-refractivity contribution in [3.8, 4) is 28.3 Å². The minimum atomic E-state index is -0.177. The van der Waals surface area contributed by atoms with E-state index in [1.54, 1.807) is 19.4 Å². The van der Waals surface area contributed by atoms with Crippen LogP contribution in [0, 0.1) is 0 Å². The molecule has 2 aromatic carbocycles. The van der Waals surface area contributed by atoms with Crippen molar-refractivity contribution in [2.24, 2.45) is 0 Å². The molecule has 5 nitrogen and oxygen atoms in total. The maximum Gasteiger partial charge on any atom is 0.272 e. The van der Waals surface area contributed by atoms with Gasteiger partial charge in [0.2, 0.25) is 0 Å². The molecule has 5 heteroatoms. The fourth-order valence-electron chi connectivity index (χ4n) is 2.64. The van der Waals surface area contributed by atoms with Crippen LogP contribution < -0.4 is 15.0 Å². The summed E-state index contributed by atoms with van der Waals surface area (Å²) in [6.07, 6.45) is 4.11. The van der Waals surface area contributed by atoms with Crippen molar-refractivity contribution in [3.05, 3.63) is 71.1 Å². The summed E-state index contributed by atoms with van der Waals surface area (Å²) in [4.78, 5) is 12.5. The molecule has 0 aliphatic heterocycles. The van der Waals surface area contributed by atoms with Crippen molar-refractivity contribution in [1.29, 1.82) is 0 Å². The zero-order chi connectivity index (χ0) is 17.2. The largest absolute Gasteiger partial charge is 0.493 e. The Morgan fingerprint density at radius 2 is 1.80 bits per heavy atom. The second-order valence-electron chi connectivity index (χ2n) is 6.01. The smallest absolute Gasteiger partial charge is 0.272 e. The minimum absolute atomic E-state index is 0.177. The number of ether oxygens (including phenoxy) is 2. The SMILES string of the molecule is COc1ccc(-c2cnn(-c3ccccc3)c(=O)c2)cc1OC1CC1. The maximum absolute atomic E-state index is 12.5. The Labute approximate surface area is 145 Å². The molecule has 0 atom stereocenters. The van der Waals surface area contributed by atoms with Crippen molar-refractivity contribution in [1.82, 2.24) is 9.78 Å². The standard InChI is InChI=1S/C20H18N2O3/c1-24-18-10-7-14(11-19(18)25-17-8-9-17)15-12-20(23)22(21-13-15)16-5-3-2-4-6-16/h2-7,10-13,17H,8-9H2,1H3. The topological polar surface area (TPSA) is 53.4 Å². The Hall–Kier alpha value is -3.08. The molecule has 0 radical (unpaired) electrons. The number of hydrogen-bond acceptors (Lipinski definition) is 4. The molecule has 1 fully saturated rings. The summed E-state index contributed by atoms with van der Waals surface area (Å²) in [5, 5.41) is 4.30. The van der Waals surface area contributed by atoms with Gasteiger partial charge in [0.05, 0.1) is 25.1 Å². The molecule has 4 rings (SSSR count). The maximum atomic E-state index is 12.5. The van der Waals surface area contributed by atoms with Crippen LogP contribution in [0.2, 0.25) is 0 Å². The number of benzene rings is 2. The first-order valence-corrected chi connectivity index (χ1v) is 8.24. The third-order valence-corrected chi connectivity index (χ3v) is 4.12. The monoisotopic (exact) mass is 334 g/mol. The predicted molar refractivity (Wildman–Crippen MR) is 95.5 cm³/mol. The van der Waals surface area contributed by atoms with E-state index in [-0.39, 0.29) is 11.7 Å². The highest BCUT2D eigenvalue weighted by Gasteiger charge is 2.25. The van der Waals surface area contributed by atoms with Gasteiger partial charge in [0, 0.05) is 11.6 Å². The molecule has 1 aromatic heterocycles. The van der Waals surface area contributed by atoms with Crippen LogP contribution in [-0.4, -0.2) is 23.0 Å². The Balaban J connectivity index is 1.70. The molecule has 1 aliphatic carbocycles. The fourth-order valence-corrected chi connectivity index (χ4v) is 2.64. The van der Waals surface area contributed by atoms with Crippen molar-refractivity contribution in [3.63, 3.8) is 0 Å². The van der Waals surface area contributed by atoms with Crippen molar-refractivity contribution in [2.45, 2.75) is 18.9 Å². The van der Waals surface area contributed by atoms with Crippen LogP contribution >= 0.6 is 0 Å². The van der Waals surface area contributed by atoms with Crippen LogP contribution in [0.5, 0.6) is 11.5 Å². The zero-order valence-corrected chi connectivity index (χ0v) is 13.9.